The van der Waals surface area contributed by atoms with Crippen LogP contribution in [0.1, 0.15) is 11.1 Å². The zero-order chi connectivity index (χ0) is 11.9. The number of benzene rings is 1. The molecule has 0 radical (unpaired) electrons. The molecule has 0 bridgehead atoms. The monoisotopic (exact) mass is 293 g/mol. The van der Waals surface area contributed by atoms with Crippen LogP contribution in [0.5, 0.6) is 0 Å². The van der Waals surface area contributed by atoms with E-state index in [1.165, 1.54) is 0 Å². The summed E-state index contributed by atoms with van der Waals surface area (Å²) < 4.78 is 0. The first-order chi connectivity index (χ1) is 7.54. The van der Waals surface area contributed by atoms with Crippen molar-refractivity contribution in [2.75, 3.05) is 0 Å². The standard InChI is InChI=1S/C11H7Cl4N/c1-5-2-8(13)10-7(9(5)14)3-6(4-12)11(15)16-10/h2-3H,4H2,1H3. The Kier molecular flexibility index (Phi) is 3.50. The van der Waals surface area contributed by atoms with Crippen LogP contribution in [0.25, 0.3) is 10.9 Å². The summed E-state index contributed by atoms with van der Waals surface area (Å²) >= 11 is 24.0. The Morgan fingerprint density at radius 2 is 1.88 bits per heavy atom. The SMILES string of the molecule is Cc1cc(Cl)c2nc(Cl)c(CCl)cc2c1Cl. The fourth-order valence-electron chi connectivity index (χ4n) is 1.51. The zero-order valence-corrected chi connectivity index (χ0v) is 11.3. The van der Waals surface area contributed by atoms with Gasteiger partial charge in [0.05, 0.1) is 21.4 Å². The van der Waals surface area contributed by atoms with E-state index >= 15 is 0 Å². The number of pyridine rings is 1. The number of hydrogen-bond acceptors (Lipinski definition) is 1. The number of rotatable bonds is 1. The second-order valence-electron chi connectivity index (χ2n) is 3.46. The molecule has 0 atom stereocenters. The number of halogens is 4. The highest BCUT2D eigenvalue weighted by Crippen LogP contribution is 2.34. The van der Waals surface area contributed by atoms with Gasteiger partial charge in [-0.15, -0.1) is 11.6 Å². The highest BCUT2D eigenvalue weighted by atomic mass is 35.5. The fraction of sp³-hybridized carbons (Fsp3) is 0.182. The third kappa shape index (κ3) is 1.98. The molecule has 1 aromatic carbocycles. The average molecular weight is 295 g/mol. The zero-order valence-electron chi connectivity index (χ0n) is 8.32. The van der Waals surface area contributed by atoms with Crippen molar-refractivity contribution >= 4 is 57.3 Å². The molecule has 0 N–H and O–H groups in total. The molecule has 2 aromatic rings. The lowest BCUT2D eigenvalue weighted by atomic mass is 10.1. The van der Waals surface area contributed by atoms with Crippen LogP contribution in [0.3, 0.4) is 0 Å². The summed E-state index contributed by atoms with van der Waals surface area (Å²) in [5.74, 6) is 0.295. The molecule has 1 aromatic heterocycles. The van der Waals surface area contributed by atoms with E-state index in [1.54, 1.807) is 6.07 Å². The van der Waals surface area contributed by atoms with Crippen molar-refractivity contribution in [3.8, 4) is 0 Å². The largest absolute Gasteiger partial charge is 0.234 e. The van der Waals surface area contributed by atoms with Crippen molar-refractivity contribution < 1.29 is 0 Å². The Bertz CT molecular complexity index is 566. The topological polar surface area (TPSA) is 12.9 Å². The maximum Gasteiger partial charge on any atom is 0.134 e. The van der Waals surface area contributed by atoms with Gasteiger partial charge in [0.15, 0.2) is 0 Å². The first kappa shape index (κ1) is 12.3. The minimum absolute atomic E-state index is 0.295. The van der Waals surface area contributed by atoms with Gasteiger partial charge in [0.25, 0.3) is 0 Å². The predicted octanol–water partition coefficient (Wildman–Crippen LogP) is 5.24. The van der Waals surface area contributed by atoms with E-state index in [9.17, 15) is 0 Å². The number of aromatic nitrogens is 1. The van der Waals surface area contributed by atoms with Gasteiger partial charge < -0.3 is 0 Å². The molecular weight excluding hydrogens is 288 g/mol. The molecule has 2 rings (SSSR count). The molecule has 0 amide bonds. The number of alkyl halides is 1. The lowest BCUT2D eigenvalue weighted by molar-refractivity contribution is 1.30. The van der Waals surface area contributed by atoms with E-state index in [0.717, 1.165) is 16.5 Å². The number of hydrogen-bond donors (Lipinski definition) is 0. The summed E-state index contributed by atoms with van der Waals surface area (Å²) in [6, 6.07) is 3.61. The highest BCUT2D eigenvalue weighted by molar-refractivity contribution is 6.41. The Hall–Kier alpha value is -0.210. The molecule has 0 aliphatic heterocycles. The Labute approximate surface area is 113 Å². The van der Waals surface area contributed by atoms with E-state index in [4.69, 9.17) is 46.4 Å². The normalized spacial score (nSPS) is 11.1. The molecule has 1 nitrogen and oxygen atoms in total. The van der Waals surface area contributed by atoms with Gasteiger partial charge in [-0.25, -0.2) is 4.98 Å². The average Bonchev–Trinajstić information content (AvgIpc) is 2.25. The molecule has 0 unspecified atom stereocenters. The summed E-state index contributed by atoms with van der Waals surface area (Å²) in [5.41, 5.74) is 2.26. The Morgan fingerprint density at radius 3 is 2.50 bits per heavy atom. The summed E-state index contributed by atoms with van der Waals surface area (Å²) in [4.78, 5) is 4.21. The molecule has 0 saturated carbocycles. The second-order valence-corrected chi connectivity index (χ2v) is 4.87. The van der Waals surface area contributed by atoms with E-state index < -0.39 is 0 Å². The Balaban J connectivity index is 2.90. The van der Waals surface area contributed by atoms with Gasteiger partial charge in [-0.2, -0.15) is 0 Å². The Morgan fingerprint density at radius 1 is 1.19 bits per heavy atom. The van der Waals surface area contributed by atoms with Gasteiger partial charge >= 0.3 is 0 Å². The van der Waals surface area contributed by atoms with Crippen LogP contribution in [0.4, 0.5) is 0 Å². The molecule has 0 spiro atoms. The molecule has 1 heterocycles. The summed E-state index contributed by atoms with van der Waals surface area (Å²) in [5, 5.41) is 2.32. The smallest absolute Gasteiger partial charge is 0.134 e. The molecule has 0 fully saturated rings. The van der Waals surface area contributed by atoms with Crippen molar-refractivity contribution in [2.45, 2.75) is 12.8 Å². The van der Waals surface area contributed by atoms with Crippen LogP contribution in [0, 0.1) is 6.92 Å². The van der Waals surface area contributed by atoms with Crippen LogP contribution in [-0.2, 0) is 5.88 Å². The van der Waals surface area contributed by atoms with Gasteiger partial charge in [0.1, 0.15) is 5.15 Å². The maximum absolute atomic E-state index is 6.19. The van der Waals surface area contributed by atoms with Gasteiger partial charge in [-0.3, -0.25) is 0 Å². The van der Waals surface area contributed by atoms with Crippen molar-refractivity contribution in [3.63, 3.8) is 0 Å². The number of fused-ring (bicyclic) bond motifs is 1. The first-order valence-corrected chi connectivity index (χ1v) is 6.21. The van der Waals surface area contributed by atoms with E-state index in [2.05, 4.69) is 4.98 Å². The first-order valence-electron chi connectivity index (χ1n) is 4.54. The summed E-state index contributed by atoms with van der Waals surface area (Å²) in [6.07, 6.45) is 0. The molecule has 84 valence electrons. The molecule has 16 heavy (non-hydrogen) atoms. The minimum Gasteiger partial charge on any atom is -0.234 e. The molecule has 5 heteroatoms. The lowest BCUT2D eigenvalue weighted by Gasteiger charge is -2.08. The molecule has 0 aliphatic rings. The summed E-state index contributed by atoms with van der Waals surface area (Å²) in [6.45, 7) is 1.89. The van der Waals surface area contributed by atoms with E-state index in [-0.39, 0.29) is 0 Å². The second kappa shape index (κ2) is 4.58. The van der Waals surface area contributed by atoms with Crippen molar-refractivity contribution in [3.05, 3.63) is 38.5 Å². The third-order valence-corrected chi connectivity index (χ3v) is 3.75. The third-order valence-electron chi connectivity index (χ3n) is 2.34. The molecular formula is C11H7Cl4N. The summed E-state index contributed by atoms with van der Waals surface area (Å²) in [7, 11) is 0. The predicted molar refractivity (Wildman–Crippen MR) is 71.1 cm³/mol. The molecule has 0 saturated heterocycles. The van der Waals surface area contributed by atoms with Gasteiger partial charge in [-0.1, -0.05) is 34.8 Å². The minimum atomic E-state index is 0.295. The van der Waals surface area contributed by atoms with Gasteiger partial charge in [0.2, 0.25) is 0 Å². The van der Waals surface area contributed by atoms with Crippen molar-refractivity contribution in [2.24, 2.45) is 0 Å². The van der Waals surface area contributed by atoms with Crippen LogP contribution in [0.2, 0.25) is 15.2 Å². The van der Waals surface area contributed by atoms with E-state index in [1.807, 2.05) is 13.0 Å². The van der Waals surface area contributed by atoms with Crippen molar-refractivity contribution in [1.82, 2.24) is 4.98 Å². The fourth-order valence-corrected chi connectivity index (χ4v) is 2.49. The van der Waals surface area contributed by atoms with Crippen LogP contribution >= 0.6 is 46.4 Å². The van der Waals surface area contributed by atoms with Crippen molar-refractivity contribution in [1.29, 1.82) is 0 Å². The lowest BCUT2D eigenvalue weighted by Crippen LogP contribution is -1.90. The number of nitrogens with zero attached hydrogens (tertiary/aromatic N) is 1. The quantitative estimate of drug-likeness (QED) is 0.517. The van der Waals surface area contributed by atoms with Crippen LogP contribution < -0.4 is 0 Å². The highest BCUT2D eigenvalue weighted by Gasteiger charge is 2.11. The van der Waals surface area contributed by atoms with Gasteiger partial charge in [0, 0.05) is 10.9 Å². The van der Waals surface area contributed by atoms with Crippen LogP contribution in [0.15, 0.2) is 12.1 Å². The van der Waals surface area contributed by atoms with Crippen LogP contribution in [-0.4, -0.2) is 4.98 Å². The van der Waals surface area contributed by atoms with E-state index in [0.29, 0.717) is 26.6 Å². The maximum atomic E-state index is 6.19. The number of aryl methyl sites for hydroxylation is 1. The van der Waals surface area contributed by atoms with Gasteiger partial charge in [-0.05, 0) is 24.6 Å². The molecule has 0 aliphatic carbocycles.